The number of hydrogen-bond acceptors (Lipinski definition) is 7. The summed E-state index contributed by atoms with van der Waals surface area (Å²) in [5, 5.41) is 3.14. The van der Waals surface area contributed by atoms with Gasteiger partial charge in [0.05, 0.1) is 19.8 Å². The Morgan fingerprint density at radius 2 is 1.83 bits per heavy atom. The van der Waals surface area contributed by atoms with Crippen LogP contribution in [0.4, 0.5) is 0 Å². The summed E-state index contributed by atoms with van der Waals surface area (Å²) < 4.78 is 10.6. The number of carbonyl (C=O) groups is 3. The van der Waals surface area contributed by atoms with Crippen molar-refractivity contribution >= 4 is 17.7 Å². The summed E-state index contributed by atoms with van der Waals surface area (Å²) in [4.78, 5) is 42.8. The summed E-state index contributed by atoms with van der Waals surface area (Å²) in [6.45, 7) is 13.2. The van der Waals surface area contributed by atoms with E-state index < -0.39 is 5.92 Å². The van der Waals surface area contributed by atoms with E-state index in [4.69, 9.17) is 9.47 Å². The van der Waals surface area contributed by atoms with Gasteiger partial charge in [-0.3, -0.25) is 14.4 Å². The molecule has 4 atom stereocenters. The highest BCUT2D eigenvalue weighted by Crippen LogP contribution is 2.25. The van der Waals surface area contributed by atoms with Crippen molar-refractivity contribution < 1.29 is 23.9 Å². The summed E-state index contributed by atoms with van der Waals surface area (Å²) in [7, 11) is 3.75. The van der Waals surface area contributed by atoms with Gasteiger partial charge in [-0.25, -0.2) is 0 Å². The minimum Gasteiger partial charge on any atom is -0.465 e. The van der Waals surface area contributed by atoms with E-state index in [-0.39, 0.29) is 36.7 Å². The summed E-state index contributed by atoms with van der Waals surface area (Å²) >= 11 is 0. The second-order valence-corrected chi connectivity index (χ2v) is 10.5. The predicted molar refractivity (Wildman–Crippen MR) is 139 cm³/mol. The van der Waals surface area contributed by atoms with Gasteiger partial charge in [0.1, 0.15) is 11.7 Å². The van der Waals surface area contributed by atoms with Gasteiger partial charge in [0.2, 0.25) is 5.91 Å². The van der Waals surface area contributed by atoms with Crippen LogP contribution < -0.4 is 5.32 Å². The quantitative estimate of drug-likeness (QED) is 0.329. The molecule has 0 saturated carbocycles. The smallest absolute Gasteiger partial charge is 0.316 e. The maximum atomic E-state index is 13.1. The summed E-state index contributed by atoms with van der Waals surface area (Å²) in [6.07, 6.45) is 4.54. The lowest BCUT2D eigenvalue weighted by Crippen LogP contribution is -2.43. The lowest BCUT2D eigenvalue weighted by atomic mass is 9.83. The number of ether oxygens (including phenoxy) is 2. The molecule has 1 fully saturated rings. The van der Waals surface area contributed by atoms with E-state index in [0.29, 0.717) is 50.9 Å². The third-order valence-electron chi connectivity index (χ3n) is 6.81. The van der Waals surface area contributed by atoms with E-state index in [1.165, 1.54) is 0 Å². The van der Waals surface area contributed by atoms with Gasteiger partial charge < -0.3 is 24.6 Å². The Hall–Kier alpha value is -1.51. The molecule has 1 heterocycles. The highest BCUT2D eigenvalue weighted by atomic mass is 16.5. The average Bonchev–Trinajstić information content (AvgIpc) is 2.80. The van der Waals surface area contributed by atoms with Crippen LogP contribution in [0.1, 0.15) is 66.2 Å². The summed E-state index contributed by atoms with van der Waals surface area (Å²) in [5.41, 5.74) is 0. The number of nitrogens with zero attached hydrogens (tertiary/aromatic N) is 2. The molecule has 8 nitrogen and oxygen atoms in total. The van der Waals surface area contributed by atoms with Crippen LogP contribution in [-0.4, -0.2) is 94.1 Å². The molecule has 1 aliphatic rings. The normalized spacial score (nSPS) is 27.2. The maximum absolute atomic E-state index is 13.1. The molecule has 1 unspecified atom stereocenters. The van der Waals surface area contributed by atoms with Crippen LogP contribution in [0.5, 0.6) is 0 Å². The highest BCUT2D eigenvalue weighted by molar-refractivity contribution is 6.00. The van der Waals surface area contributed by atoms with Gasteiger partial charge in [-0.2, -0.15) is 0 Å². The Balaban J connectivity index is 2.86. The largest absolute Gasteiger partial charge is 0.465 e. The molecule has 8 heteroatoms. The molecule has 0 aromatic carbocycles. The number of nitrogens with one attached hydrogen (secondary N) is 1. The zero-order valence-electron chi connectivity index (χ0n) is 23.1. The van der Waals surface area contributed by atoms with Crippen LogP contribution in [0.3, 0.4) is 0 Å². The van der Waals surface area contributed by atoms with Crippen molar-refractivity contribution in [1.29, 1.82) is 0 Å². The Kier molecular flexibility index (Phi) is 16.1. The number of cyclic esters (lactones) is 1. The lowest BCUT2D eigenvalue weighted by molar-refractivity contribution is -0.153. The van der Waals surface area contributed by atoms with E-state index in [9.17, 15) is 14.4 Å². The van der Waals surface area contributed by atoms with Crippen LogP contribution in [-0.2, 0) is 23.9 Å². The Morgan fingerprint density at radius 3 is 2.51 bits per heavy atom. The van der Waals surface area contributed by atoms with Gasteiger partial charge in [-0.1, -0.05) is 34.1 Å². The van der Waals surface area contributed by atoms with Gasteiger partial charge in [0.15, 0.2) is 0 Å². The van der Waals surface area contributed by atoms with Crippen LogP contribution in [0.2, 0.25) is 0 Å². The van der Waals surface area contributed by atoms with Crippen LogP contribution in [0.25, 0.3) is 0 Å². The van der Waals surface area contributed by atoms with E-state index in [2.05, 4.69) is 31.1 Å². The monoisotopic (exact) mass is 497 g/mol. The van der Waals surface area contributed by atoms with Gasteiger partial charge in [0.25, 0.3) is 0 Å². The van der Waals surface area contributed by atoms with Crippen LogP contribution in [0, 0.1) is 23.7 Å². The third-order valence-corrected chi connectivity index (χ3v) is 6.81. The number of Topliss-reactive ketones (excluding diaryl/α,β-unsaturated/α-hetero) is 1. The molecule has 0 spiro atoms. The minimum atomic E-state index is -0.666. The number of hydrogen-bond donors (Lipinski definition) is 1. The van der Waals surface area contributed by atoms with E-state index in [0.717, 1.165) is 38.8 Å². The summed E-state index contributed by atoms with van der Waals surface area (Å²) in [6, 6.07) is 0. The van der Waals surface area contributed by atoms with Crippen molar-refractivity contribution in [1.82, 2.24) is 15.1 Å². The number of amides is 1. The standard InChI is InChI=1S/C27H51N3O5/c1-7-10-24-26(32)23(4)18-21(2)17-22(3)20-29(5)13-14-30(12-8-9-15-35-27(24)33)25(31)19-28-11-16-34-6/h21-24,28H,7-20H2,1-6H3/t21-,22-,23-,24?/m1/s1. The molecular weight excluding hydrogens is 446 g/mol. The third kappa shape index (κ3) is 12.8. The zero-order valence-corrected chi connectivity index (χ0v) is 23.1. The first-order valence-corrected chi connectivity index (χ1v) is 13.6. The van der Waals surface area contributed by atoms with Crippen LogP contribution in [0.15, 0.2) is 0 Å². The predicted octanol–water partition coefficient (Wildman–Crippen LogP) is 2.99. The minimum absolute atomic E-state index is 0.0207. The van der Waals surface area contributed by atoms with Crippen molar-refractivity contribution in [2.45, 2.75) is 66.2 Å². The first-order chi connectivity index (χ1) is 16.7. The van der Waals surface area contributed by atoms with Gasteiger partial charge in [-0.05, 0) is 51.0 Å². The molecular formula is C27H51N3O5. The van der Waals surface area contributed by atoms with Crippen molar-refractivity contribution in [3.63, 3.8) is 0 Å². The number of carbonyl (C=O) groups excluding carboxylic acids is 3. The van der Waals surface area contributed by atoms with Gasteiger partial charge in [-0.15, -0.1) is 0 Å². The molecule has 1 aliphatic heterocycles. The second-order valence-electron chi connectivity index (χ2n) is 10.5. The molecule has 1 saturated heterocycles. The molecule has 1 rings (SSSR count). The van der Waals surface area contributed by atoms with E-state index in [1.807, 2.05) is 18.7 Å². The molecule has 1 amide bonds. The first kappa shape index (κ1) is 31.5. The molecule has 0 aromatic heterocycles. The Bertz CT molecular complexity index is 630. The number of rotatable bonds is 7. The fraction of sp³-hybridized carbons (Fsp3) is 0.889. The van der Waals surface area contributed by atoms with Crippen LogP contribution >= 0.6 is 0 Å². The topological polar surface area (TPSA) is 88.2 Å². The van der Waals surface area contributed by atoms with Crippen molar-refractivity contribution in [2.75, 3.05) is 66.6 Å². The number of esters is 1. The van der Waals surface area contributed by atoms with Crippen molar-refractivity contribution in [3.05, 3.63) is 0 Å². The molecule has 0 aromatic rings. The van der Waals surface area contributed by atoms with E-state index >= 15 is 0 Å². The molecule has 204 valence electrons. The van der Waals surface area contributed by atoms with Crippen molar-refractivity contribution in [3.8, 4) is 0 Å². The average molecular weight is 498 g/mol. The molecule has 0 radical (unpaired) electrons. The van der Waals surface area contributed by atoms with Crippen molar-refractivity contribution in [2.24, 2.45) is 23.7 Å². The van der Waals surface area contributed by atoms with Gasteiger partial charge >= 0.3 is 5.97 Å². The zero-order chi connectivity index (χ0) is 26.2. The SMILES string of the molecule is CCCC1C(=O)OCCCCN(C(=O)CNCCOC)CCN(C)C[C@H](C)C[C@@H](C)C[C@@H](C)C1=O. The first-order valence-electron chi connectivity index (χ1n) is 13.6. The van der Waals surface area contributed by atoms with E-state index in [1.54, 1.807) is 7.11 Å². The Morgan fingerprint density at radius 1 is 1.09 bits per heavy atom. The lowest BCUT2D eigenvalue weighted by Gasteiger charge is -2.29. The number of ketones is 1. The maximum Gasteiger partial charge on any atom is 0.316 e. The molecule has 35 heavy (non-hydrogen) atoms. The second kappa shape index (κ2) is 17.8. The highest BCUT2D eigenvalue weighted by Gasteiger charge is 2.31. The van der Waals surface area contributed by atoms with Gasteiger partial charge in [0, 0.05) is 45.8 Å². The molecule has 0 aliphatic carbocycles. The molecule has 1 N–H and O–H groups in total. The Labute approximate surface area is 213 Å². The summed E-state index contributed by atoms with van der Waals surface area (Å²) in [5.74, 6) is -0.227. The fourth-order valence-corrected chi connectivity index (χ4v) is 5.02. The number of methoxy groups -OCH3 is 1. The molecule has 0 bridgehead atoms. The number of likely N-dealkylation sites (N-methyl/N-ethyl adjacent to an activating group) is 1. The fourth-order valence-electron chi connectivity index (χ4n) is 5.02.